The van der Waals surface area contributed by atoms with Crippen molar-refractivity contribution in [1.82, 2.24) is 15.3 Å². The lowest BCUT2D eigenvalue weighted by Crippen LogP contribution is -2.22. The minimum Gasteiger partial charge on any atom is -0.364 e. The number of nitrogens with zero attached hydrogens (tertiary/aromatic N) is 2. The number of likely N-dealkylation sites (N-methyl/N-ethyl adjacent to an activating group) is 1. The molecule has 7 heteroatoms. The maximum Gasteiger partial charge on any atom is 0.411 e. The zero-order chi connectivity index (χ0) is 16.0. The lowest BCUT2D eigenvalue weighted by Gasteiger charge is -2.17. The Labute approximate surface area is 123 Å². The zero-order valence-electron chi connectivity index (χ0n) is 12.8. The Kier molecular flexibility index (Phi) is 6.54. The van der Waals surface area contributed by atoms with E-state index in [0.29, 0.717) is 0 Å². The van der Waals surface area contributed by atoms with Crippen molar-refractivity contribution in [3.63, 3.8) is 0 Å². The van der Waals surface area contributed by atoms with Crippen LogP contribution in [0.25, 0.3) is 0 Å². The normalized spacial score (nSPS) is 13.5. The molecular weight excluding hydrogens is 283 g/mol. The first-order chi connectivity index (χ1) is 9.74. The number of hydrogen-bond donors (Lipinski definition) is 1. The summed E-state index contributed by atoms with van der Waals surface area (Å²) < 4.78 is 40.7. The molecule has 0 aromatic carbocycles. The number of rotatable bonds is 7. The molecule has 1 aromatic rings. The van der Waals surface area contributed by atoms with Gasteiger partial charge in [-0.2, -0.15) is 13.2 Å². The van der Waals surface area contributed by atoms with Crippen LogP contribution in [0.2, 0.25) is 0 Å². The van der Waals surface area contributed by atoms with Gasteiger partial charge in [0.1, 0.15) is 13.2 Å². The monoisotopic (exact) mass is 305 g/mol. The van der Waals surface area contributed by atoms with Crippen molar-refractivity contribution in [2.45, 2.75) is 46.4 Å². The fourth-order valence-electron chi connectivity index (χ4n) is 2.29. The summed E-state index contributed by atoms with van der Waals surface area (Å²) in [6.45, 7) is 7.97. The van der Waals surface area contributed by atoms with Crippen LogP contribution in [0.5, 0.6) is 0 Å². The molecule has 4 nitrogen and oxygen atoms in total. The van der Waals surface area contributed by atoms with Crippen LogP contribution in [0.1, 0.15) is 42.5 Å². The molecule has 1 rings (SSSR count). The third-order valence-electron chi connectivity index (χ3n) is 3.06. The Bertz CT molecular complexity index is 440. The van der Waals surface area contributed by atoms with Crippen LogP contribution >= 0.6 is 0 Å². The van der Waals surface area contributed by atoms with Gasteiger partial charge in [0, 0.05) is 17.9 Å². The van der Waals surface area contributed by atoms with Crippen molar-refractivity contribution >= 4 is 0 Å². The van der Waals surface area contributed by atoms with Crippen LogP contribution in [0.15, 0.2) is 0 Å². The molecular formula is C14H22F3N3O. The number of hydrogen-bond acceptors (Lipinski definition) is 4. The molecule has 0 aliphatic rings. The highest BCUT2D eigenvalue weighted by atomic mass is 19.4. The van der Waals surface area contributed by atoms with E-state index in [4.69, 9.17) is 0 Å². The first kappa shape index (κ1) is 17.8. The Balaban J connectivity index is 2.75. The van der Waals surface area contributed by atoms with E-state index < -0.39 is 12.8 Å². The second kappa shape index (κ2) is 7.70. The largest absolute Gasteiger partial charge is 0.411 e. The van der Waals surface area contributed by atoms with E-state index in [2.05, 4.69) is 26.9 Å². The van der Waals surface area contributed by atoms with E-state index >= 15 is 0 Å². The third-order valence-corrected chi connectivity index (χ3v) is 3.06. The van der Waals surface area contributed by atoms with E-state index in [0.717, 1.165) is 30.0 Å². The Morgan fingerprint density at radius 2 is 1.76 bits per heavy atom. The van der Waals surface area contributed by atoms with Gasteiger partial charge in [0.2, 0.25) is 0 Å². The molecule has 1 atom stereocenters. The molecule has 1 aromatic heterocycles. The molecule has 1 heterocycles. The van der Waals surface area contributed by atoms with Gasteiger partial charge in [0.25, 0.3) is 0 Å². The summed E-state index contributed by atoms with van der Waals surface area (Å²) in [5, 5.41) is 3.26. The van der Waals surface area contributed by atoms with Gasteiger partial charge in [-0.25, -0.2) is 9.97 Å². The lowest BCUT2D eigenvalue weighted by molar-refractivity contribution is -0.177. The van der Waals surface area contributed by atoms with Gasteiger partial charge in [-0.1, -0.05) is 13.8 Å². The third kappa shape index (κ3) is 5.97. The van der Waals surface area contributed by atoms with Crippen LogP contribution in [0, 0.1) is 13.8 Å². The molecule has 120 valence electrons. The summed E-state index contributed by atoms with van der Waals surface area (Å²) in [5.74, 6) is 0.531. The number of aromatic nitrogens is 2. The number of aryl methyl sites for hydroxylation is 2. The van der Waals surface area contributed by atoms with E-state index in [1.165, 1.54) is 0 Å². The SMILES string of the molecule is CCNCC(C)c1c(C)nc(COCC(F)(F)F)nc1C. The summed E-state index contributed by atoms with van der Waals surface area (Å²) in [5.41, 5.74) is 2.62. The maximum absolute atomic E-state index is 12.0. The lowest BCUT2D eigenvalue weighted by atomic mass is 9.98. The second-order valence-electron chi connectivity index (χ2n) is 5.04. The van der Waals surface area contributed by atoms with E-state index in [9.17, 15) is 13.2 Å². The summed E-state index contributed by atoms with van der Waals surface area (Å²) in [4.78, 5) is 8.50. The van der Waals surface area contributed by atoms with E-state index in [-0.39, 0.29) is 18.3 Å². The predicted molar refractivity (Wildman–Crippen MR) is 74.2 cm³/mol. The van der Waals surface area contributed by atoms with Crippen molar-refractivity contribution in [1.29, 1.82) is 0 Å². The minimum atomic E-state index is -4.33. The van der Waals surface area contributed by atoms with Crippen LogP contribution in [-0.4, -0.2) is 35.8 Å². The highest BCUT2D eigenvalue weighted by Gasteiger charge is 2.27. The predicted octanol–water partition coefficient (Wildman–Crippen LogP) is 2.89. The molecule has 21 heavy (non-hydrogen) atoms. The molecule has 0 saturated carbocycles. The van der Waals surface area contributed by atoms with Crippen LogP contribution in [0.3, 0.4) is 0 Å². The molecule has 1 unspecified atom stereocenters. The highest BCUT2D eigenvalue weighted by Crippen LogP contribution is 2.21. The summed E-state index contributed by atoms with van der Waals surface area (Å²) >= 11 is 0. The van der Waals surface area contributed by atoms with Crippen molar-refractivity contribution in [2.75, 3.05) is 19.7 Å². The van der Waals surface area contributed by atoms with Gasteiger partial charge in [-0.05, 0) is 31.9 Å². The van der Waals surface area contributed by atoms with Crippen LogP contribution in [0.4, 0.5) is 13.2 Å². The Morgan fingerprint density at radius 3 is 2.24 bits per heavy atom. The van der Waals surface area contributed by atoms with Gasteiger partial charge >= 0.3 is 6.18 Å². The Hall–Kier alpha value is -1.21. The zero-order valence-corrected chi connectivity index (χ0v) is 12.8. The standard InChI is InChI=1S/C14H22F3N3O/c1-5-18-6-9(2)13-10(3)19-12(20-11(13)4)7-21-8-14(15,16)17/h9,18H,5-8H2,1-4H3. The average molecular weight is 305 g/mol. The molecule has 1 N–H and O–H groups in total. The molecule has 0 fully saturated rings. The summed E-state index contributed by atoms with van der Waals surface area (Å²) in [6, 6.07) is 0. The van der Waals surface area contributed by atoms with E-state index in [1.54, 1.807) is 0 Å². The molecule has 0 amide bonds. The van der Waals surface area contributed by atoms with Gasteiger partial charge in [0.15, 0.2) is 5.82 Å². The minimum absolute atomic E-state index is 0.233. The number of ether oxygens (including phenoxy) is 1. The summed E-state index contributed by atoms with van der Waals surface area (Å²) in [6.07, 6.45) is -4.33. The number of nitrogens with one attached hydrogen (secondary N) is 1. The highest BCUT2D eigenvalue weighted by molar-refractivity contribution is 5.28. The second-order valence-corrected chi connectivity index (χ2v) is 5.04. The van der Waals surface area contributed by atoms with Crippen LogP contribution < -0.4 is 5.32 Å². The fraction of sp³-hybridized carbons (Fsp3) is 0.714. The molecule has 0 saturated heterocycles. The van der Waals surface area contributed by atoms with E-state index in [1.807, 2.05) is 20.8 Å². The van der Waals surface area contributed by atoms with Gasteiger partial charge in [-0.15, -0.1) is 0 Å². The van der Waals surface area contributed by atoms with Crippen LogP contribution in [-0.2, 0) is 11.3 Å². The summed E-state index contributed by atoms with van der Waals surface area (Å²) in [7, 11) is 0. The van der Waals surface area contributed by atoms with Crippen molar-refractivity contribution in [2.24, 2.45) is 0 Å². The topological polar surface area (TPSA) is 47.0 Å². The quantitative estimate of drug-likeness (QED) is 0.841. The van der Waals surface area contributed by atoms with Gasteiger partial charge in [-0.3, -0.25) is 0 Å². The first-order valence-corrected chi connectivity index (χ1v) is 6.93. The number of halogens is 3. The molecule has 0 spiro atoms. The van der Waals surface area contributed by atoms with Crippen molar-refractivity contribution < 1.29 is 17.9 Å². The van der Waals surface area contributed by atoms with Gasteiger partial charge in [0.05, 0.1) is 0 Å². The van der Waals surface area contributed by atoms with Crippen molar-refractivity contribution in [3.05, 3.63) is 22.8 Å². The first-order valence-electron chi connectivity index (χ1n) is 6.93. The molecule has 0 radical (unpaired) electrons. The average Bonchev–Trinajstić information content (AvgIpc) is 2.33. The molecule has 0 aliphatic carbocycles. The maximum atomic E-state index is 12.0. The fourth-order valence-corrected chi connectivity index (χ4v) is 2.29. The molecule has 0 aliphatic heterocycles. The van der Waals surface area contributed by atoms with Gasteiger partial charge < -0.3 is 10.1 Å². The van der Waals surface area contributed by atoms with Crippen molar-refractivity contribution in [3.8, 4) is 0 Å². The smallest absolute Gasteiger partial charge is 0.364 e. The number of alkyl halides is 3. The Morgan fingerprint density at radius 1 is 1.19 bits per heavy atom. The molecule has 0 bridgehead atoms.